The summed E-state index contributed by atoms with van der Waals surface area (Å²) in [4.78, 5) is 73.3. The number of esters is 4. The van der Waals surface area contributed by atoms with Crippen LogP contribution in [0.5, 0.6) is 0 Å². The first-order chi connectivity index (χ1) is 51.1. The van der Waals surface area contributed by atoms with Crippen LogP contribution in [0.25, 0.3) is 0 Å². The summed E-state index contributed by atoms with van der Waals surface area (Å²) < 4.78 is 68.9. The van der Waals surface area contributed by atoms with Crippen LogP contribution in [0.15, 0.2) is 0 Å². The molecule has 105 heavy (non-hydrogen) atoms. The molecule has 0 saturated heterocycles. The highest BCUT2D eigenvalue weighted by Crippen LogP contribution is 2.45. The molecule has 0 spiro atoms. The SMILES string of the molecule is CCCCCCCCCCCCCCCCCCCCCCC(=O)O[C@H](COC(=O)CCCCCCCCCCCCCCCCC(C)CC)COP(=O)(O)OC[C@@H](O)COP(=O)(O)OC[C@@H](COC(=O)CCCCCCCCCCCCCC)OC(=O)CCCCCCCCCCCCCCCCC. The Balaban J connectivity index is 5.25. The van der Waals surface area contributed by atoms with E-state index in [1.807, 2.05) is 0 Å². The zero-order chi connectivity index (χ0) is 76.9. The summed E-state index contributed by atoms with van der Waals surface area (Å²) in [5.41, 5.74) is 0. The van der Waals surface area contributed by atoms with Gasteiger partial charge in [-0.1, -0.05) is 413 Å². The smallest absolute Gasteiger partial charge is 0.462 e. The van der Waals surface area contributed by atoms with E-state index in [-0.39, 0.29) is 25.7 Å². The number of hydrogen-bond donors (Lipinski definition) is 3. The Kier molecular flexibility index (Phi) is 77.3. The molecule has 0 fully saturated rings. The van der Waals surface area contributed by atoms with E-state index in [9.17, 15) is 43.2 Å². The standard InChI is InChI=1S/C86H168O17P2/c1-6-10-13-16-19-22-25-28-30-31-32-33-34-36-42-47-52-57-62-67-72-86(91)103-82(76-97-84(89)70-65-60-55-50-45-40-38-37-39-43-48-53-58-63-68-79(5)9-4)78-101-105(94,95)99-74-80(87)73-98-104(92,93)100-77-81(75-96-83(88)69-64-59-54-49-44-27-24-21-18-15-12-8-3)102-85(90)71-66-61-56-51-46-41-35-29-26-23-20-17-14-11-7-2/h79-82,87H,6-78H2,1-5H3,(H,92,93)(H,94,95)/t79?,80-,81+,82+/m0/s1. The van der Waals surface area contributed by atoms with Gasteiger partial charge in [0.1, 0.15) is 19.3 Å². The zero-order valence-electron chi connectivity index (χ0n) is 68.9. The van der Waals surface area contributed by atoms with Gasteiger partial charge in [-0.25, -0.2) is 9.13 Å². The van der Waals surface area contributed by atoms with Gasteiger partial charge >= 0.3 is 39.5 Å². The fraction of sp³-hybridized carbons (Fsp3) is 0.953. The summed E-state index contributed by atoms with van der Waals surface area (Å²) in [6.07, 6.45) is 72.0. The van der Waals surface area contributed by atoms with Gasteiger partial charge in [-0.15, -0.1) is 0 Å². The van der Waals surface area contributed by atoms with Gasteiger partial charge in [-0.2, -0.15) is 0 Å². The second kappa shape index (κ2) is 78.7. The summed E-state index contributed by atoms with van der Waals surface area (Å²) in [5.74, 6) is -1.25. The molecule has 0 radical (unpaired) electrons. The van der Waals surface area contributed by atoms with Crippen molar-refractivity contribution in [3.05, 3.63) is 0 Å². The second-order valence-corrected chi connectivity index (χ2v) is 34.1. The number of carbonyl (C=O) groups excluding carboxylic acids is 4. The minimum absolute atomic E-state index is 0.109. The fourth-order valence-electron chi connectivity index (χ4n) is 13.4. The molecule has 0 aliphatic rings. The monoisotopic (exact) mass is 1540 g/mol. The van der Waals surface area contributed by atoms with E-state index < -0.39 is 97.5 Å². The number of carbonyl (C=O) groups is 4. The number of aliphatic hydroxyl groups is 1. The van der Waals surface area contributed by atoms with Crippen LogP contribution in [0.2, 0.25) is 0 Å². The number of phosphoric ester groups is 2. The van der Waals surface area contributed by atoms with E-state index in [0.717, 1.165) is 95.8 Å². The Labute approximate surface area is 645 Å². The maximum Gasteiger partial charge on any atom is 0.472 e. The molecule has 17 nitrogen and oxygen atoms in total. The predicted octanol–water partition coefficient (Wildman–Crippen LogP) is 26.4. The molecule has 3 N–H and O–H groups in total. The second-order valence-electron chi connectivity index (χ2n) is 31.2. The Hall–Kier alpha value is -1.94. The van der Waals surface area contributed by atoms with Gasteiger partial charge < -0.3 is 33.8 Å². The molecule has 19 heteroatoms. The Bertz CT molecular complexity index is 2000. The van der Waals surface area contributed by atoms with Gasteiger partial charge in [-0.05, 0) is 31.6 Å². The maximum absolute atomic E-state index is 13.2. The lowest BCUT2D eigenvalue weighted by molar-refractivity contribution is -0.161. The topological polar surface area (TPSA) is 237 Å². The van der Waals surface area contributed by atoms with Crippen LogP contribution in [-0.2, 0) is 65.4 Å². The third kappa shape index (κ3) is 78.5. The first kappa shape index (κ1) is 103. The van der Waals surface area contributed by atoms with Gasteiger partial charge in [0.15, 0.2) is 12.2 Å². The number of aliphatic hydroxyl groups excluding tert-OH is 1. The van der Waals surface area contributed by atoms with Crippen LogP contribution in [0.3, 0.4) is 0 Å². The Morgan fingerprint density at radius 2 is 0.457 bits per heavy atom. The van der Waals surface area contributed by atoms with Crippen molar-refractivity contribution in [2.75, 3.05) is 39.6 Å². The minimum atomic E-state index is -4.97. The van der Waals surface area contributed by atoms with Crippen molar-refractivity contribution in [2.45, 2.75) is 483 Å². The van der Waals surface area contributed by atoms with Crippen molar-refractivity contribution in [1.29, 1.82) is 0 Å². The van der Waals surface area contributed by atoms with Crippen LogP contribution < -0.4 is 0 Å². The Morgan fingerprint density at radius 3 is 0.676 bits per heavy atom. The van der Waals surface area contributed by atoms with Gasteiger partial charge in [0.2, 0.25) is 0 Å². The number of ether oxygens (including phenoxy) is 4. The van der Waals surface area contributed by atoms with Crippen molar-refractivity contribution >= 4 is 39.5 Å². The Morgan fingerprint density at radius 1 is 0.267 bits per heavy atom. The van der Waals surface area contributed by atoms with E-state index >= 15 is 0 Å². The number of unbranched alkanes of at least 4 members (excludes halogenated alkanes) is 57. The fourth-order valence-corrected chi connectivity index (χ4v) is 15.0. The van der Waals surface area contributed by atoms with E-state index in [0.29, 0.717) is 25.7 Å². The van der Waals surface area contributed by atoms with E-state index in [4.69, 9.17) is 37.0 Å². The van der Waals surface area contributed by atoms with Gasteiger partial charge in [0, 0.05) is 25.7 Å². The minimum Gasteiger partial charge on any atom is -0.462 e. The first-order valence-electron chi connectivity index (χ1n) is 44.7. The molecule has 0 amide bonds. The number of rotatable bonds is 86. The van der Waals surface area contributed by atoms with Crippen molar-refractivity contribution in [1.82, 2.24) is 0 Å². The molecule has 0 bridgehead atoms. The molecule has 0 aromatic carbocycles. The highest BCUT2D eigenvalue weighted by atomic mass is 31.2. The van der Waals surface area contributed by atoms with E-state index in [2.05, 4.69) is 34.6 Å². The summed E-state index contributed by atoms with van der Waals surface area (Å²) in [6.45, 7) is 7.43. The third-order valence-corrected chi connectivity index (χ3v) is 22.5. The lowest BCUT2D eigenvalue weighted by atomic mass is 9.99. The quantitative estimate of drug-likeness (QED) is 0.0222. The molecule has 0 heterocycles. The zero-order valence-corrected chi connectivity index (χ0v) is 70.7. The molecule has 6 atom stereocenters. The highest BCUT2D eigenvalue weighted by Gasteiger charge is 2.30. The number of hydrogen-bond acceptors (Lipinski definition) is 15. The largest absolute Gasteiger partial charge is 0.472 e. The summed E-state index contributed by atoms with van der Waals surface area (Å²) in [5, 5.41) is 10.7. The van der Waals surface area contributed by atoms with Crippen LogP contribution >= 0.6 is 15.6 Å². The summed E-state index contributed by atoms with van der Waals surface area (Å²) >= 11 is 0. The predicted molar refractivity (Wildman–Crippen MR) is 432 cm³/mol. The summed E-state index contributed by atoms with van der Waals surface area (Å²) in [6, 6.07) is 0. The van der Waals surface area contributed by atoms with Crippen LogP contribution in [0, 0.1) is 5.92 Å². The van der Waals surface area contributed by atoms with Crippen molar-refractivity contribution in [2.24, 2.45) is 5.92 Å². The first-order valence-corrected chi connectivity index (χ1v) is 47.7. The van der Waals surface area contributed by atoms with Gasteiger partial charge in [0.05, 0.1) is 26.4 Å². The molecule has 0 aliphatic carbocycles. The van der Waals surface area contributed by atoms with E-state index in [1.165, 1.54) is 289 Å². The number of phosphoric acid groups is 2. The third-order valence-electron chi connectivity index (χ3n) is 20.6. The van der Waals surface area contributed by atoms with Gasteiger partial charge in [-0.3, -0.25) is 37.3 Å². The lowest BCUT2D eigenvalue weighted by Gasteiger charge is -2.21. The molecule has 0 aliphatic heterocycles. The van der Waals surface area contributed by atoms with Crippen LogP contribution in [-0.4, -0.2) is 96.7 Å². The van der Waals surface area contributed by atoms with Crippen LogP contribution in [0.1, 0.15) is 465 Å². The molecule has 0 saturated carbocycles. The molecule has 3 unspecified atom stereocenters. The van der Waals surface area contributed by atoms with Crippen LogP contribution in [0.4, 0.5) is 0 Å². The van der Waals surface area contributed by atoms with E-state index in [1.54, 1.807) is 0 Å². The molecular formula is C86H168O17P2. The van der Waals surface area contributed by atoms with Crippen molar-refractivity contribution in [3.63, 3.8) is 0 Å². The van der Waals surface area contributed by atoms with Crippen molar-refractivity contribution < 1.29 is 80.2 Å². The summed E-state index contributed by atoms with van der Waals surface area (Å²) in [7, 11) is -9.93. The highest BCUT2D eigenvalue weighted by molar-refractivity contribution is 7.47. The molecular weight excluding hydrogens is 1370 g/mol. The van der Waals surface area contributed by atoms with Gasteiger partial charge in [0.25, 0.3) is 0 Å². The molecule has 0 rings (SSSR count). The molecule has 624 valence electrons. The lowest BCUT2D eigenvalue weighted by Crippen LogP contribution is -2.30. The molecule has 0 aromatic heterocycles. The molecule has 0 aromatic rings. The average Bonchev–Trinajstić information content (AvgIpc) is 0.918. The van der Waals surface area contributed by atoms with Crippen molar-refractivity contribution in [3.8, 4) is 0 Å². The average molecular weight is 1540 g/mol. The normalized spacial score (nSPS) is 14.0. The maximum atomic E-state index is 13.2.